The van der Waals surface area contributed by atoms with Gasteiger partial charge >= 0.3 is 0 Å². The van der Waals surface area contributed by atoms with Gasteiger partial charge in [0, 0.05) is 17.3 Å². The third-order valence-electron chi connectivity index (χ3n) is 8.63. The first-order chi connectivity index (χ1) is 19.7. The van der Waals surface area contributed by atoms with Gasteiger partial charge in [-0.3, -0.25) is 4.79 Å². The number of ketones is 1. The molecule has 0 saturated carbocycles. The maximum Gasteiger partial charge on any atom is 0.143 e. The van der Waals surface area contributed by atoms with Gasteiger partial charge in [-0.05, 0) is 85.8 Å². The van der Waals surface area contributed by atoms with Crippen molar-refractivity contribution in [1.82, 2.24) is 0 Å². The lowest BCUT2D eigenvalue weighted by Crippen LogP contribution is -2.34. The van der Waals surface area contributed by atoms with E-state index in [9.17, 15) is 9.90 Å². The van der Waals surface area contributed by atoms with Crippen LogP contribution in [0.5, 0.6) is 0 Å². The second kappa shape index (κ2) is 15.8. The van der Waals surface area contributed by atoms with Gasteiger partial charge in [0.25, 0.3) is 0 Å². The number of carbonyl (C=O) groups excluding carboxylic acids is 1. The van der Waals surface area contributed by atoms with Crippen LogP contribution in [0.3, 0.4) is 0 Å². The summed E-state index contributed by atoms with van der Waals surface area (Å²) in [5, 5.41) is 10.4. The third kappa shape index (κ3) is 10.2. The molecule has 2 nitrogen and oxygen atoms in total. The molecule has 1 N–H and O–H groups in total. The van der Waals surface area contributed by atoms with E-state index in [1.165, 1.54) is 33.4 Å². The molecule has 0 spiro atoms. The molecule has 0 bridgehead atoms. The largest absolute Gasteiger partial charge is 0.392 e. The lowest BCUT2D eigenvalue weighted by atomic mass is 9.70. The number of aliphatic hydroxyl groups is 1. The van der Waals surface area contributed by atoms with Crippen LogP contribution in [-0.4, -0.2) is 17.0 Å². The van der Waals surface area contributed by atoms with Crippen LogP contribution in [0.2, 0.25) is 0 Å². The Hall–Kier alpha value is -3.23. The Labute approximate surface area is 256 Å². The Balaban J connectivity index is 1.92. The van der Waals surface area contributed by atoms with Crippen LogP contribution in [0.15, 0.2) is 130 Å². The van der Waals surface area contributed by atoms with Crippen LogP contribution in [-0.2, 0) is 4.79 Å². The van der Waals surface area contributed by atoms with E-state index in [0.29, 0.717) is 12.2 Å². The Morgan fingerprint density at radius 2 is 1.07 bits per heavy atom. The molecule has 0 saturated heterocycles. The first-order valence-electron chi connectivity index (χ1n) is 15.4. The van der Waals surface area contributed by atoms with E-state index >= 15 is 0 Å². The molecule has 2 aliphatic rings. The summed E-state index contributed by atoms with van der Waals surface area (Å²) in [6.07, 6.45) is 32.5. The molecule has 0 heterocycles. The Bertz CT molecular complexity index is 1330. The average molecular weight is 567 g/mol. The van der Waals surface area contributed by atoms with Gasteiger partial charge in [0.05, 0.1) is 6.10 Å². The molecule has 2 aliphatic carbocycles. The van der Waals surface area contributed by atoms with Crippen molar-refractivity contribution in [3.63, 3.8) is 0 Å². The van der Waals surface area contributed by atoms with Crippen LogP contribution >= 0.6 is 0 Å². The zero-order valence-electron chi connectivity index (χ0n) is 27.8. The minimum Gasteiger partial charge on any atom is -0.392 e. The highest BCUT2D eigenvalue weighted by Crippen LogP contribution is 2.41. The summed E-state index contributed by atoms with van der Waals surface area (Å²) in [7, 11) is 0. The standard InChI is InChI=1S/C40H54O2/c1-29(17-13-19-31(3)21-25-35-33(5)23-27-37(41)39(35,7)8)15-11-12-16-30(2)18-14-20-32(4)22-26-36-34(6)24-28-38(42)40(36,9)10/h11-22,25-26,37,41H,23-24,27-28H2,1-10H3/b12-11+,17-13+,18-14+,25-21+,26-22+,29-15+,30-16+,31-19+,32-20+/t37-/m1/s1. The Morgan fingerprint density at radius 1 is 0.643 bits per heavy atom. The lowest BCUT2D eigenvalue weighted by molar-refractivity contribution is -0.125. The fraction of sp³-hybridized carbons (Fsp3) is 0.425. The predicted molar refractivity (Wildman–Crippen MR) is 183 cm³/mol. The number of aliphatic hydroxyl groups excluding tert-OH is 1. The van der Waals surface area contributed by atoms with Crippen molar-refractivity contribution in [2.45, 2.75) is 101 Å². The maximum atomic E-state index is 12.4. The lowest BCUT2D eigenvalue weighted by Gasteiger charge is -2.37. The highest BCUT2D eigenvalue weighted by atomic mass is 16.3. The fourth-order valence-electron chi connectivity index (χ4n) is 5.49. The van der Waals surface area contributed by atoms with Gasteiger partial charge in [0.1, 0.15) is 5.78 Å². The van der Waals surface area contributed by atoms with Crippen LogP contribution in [0.1, 0.15) is 94.9 Å². The molecule has 0 unspecified atom stereocenters. The molecule has 226 valence electrons. The summed E-state index contributed by atoms with van der Waals surface area (Å²) in [6.45, 7) is 21.0. The third-order valence-corrected chi connectivity index (χ3v) is 8.63. The number of allylic oxidation sites excluding steroid dienone is 21. The van der Waals surface area contributed by atoms with Crippen LogP contribution in [0, 0.1) is 10.8 Å². The molecule has 0 aromatic rings. The number of carbonyl (C=O) groups is 1. The second-order valence-corrected chi connectivity index (χ2v) is 13.1. The summed E-state index contributed by atoms with van der Waals surface area (Å²) in [5.41, 5.74) is 9.18. The summed E-state index contributed by atoms with van der Waals surface area (Å²) in [6, 6.07) is 0. The van der Waals surface area contributed by atoms with E-state index in [1.807, 2.05) is 13.8 Å². The van der Waals surface area contributed by atoms with Gasteiger partial charge in [-0.1, -0.05) is 132 Å². The summed E-state index contributed by atoms with van der Waals surface area (Å²) >= 11 is 0. The van der Waals surface area contributed by atoms with Crippen molar-refractivity contribution < 1.29 is 9.90 Å². The van der Waals surface area contributed by atoms with Crippen molar-refractivity contribution in [3.8, 4) is 0 Å². The normalized spacial score (nSPS) is 23.3. The number of hydrogen-bond donors (Lipinski definition) is 1. The fourth-order valence-corrected chi connectivity index (χ4v) is 5.49. The minimum atomic E-state index is -0.397. The van der Waals surface area contributed by atoms with Crippen molar-refractivity contribution >= 4 is 5.78 Å². The van der Waals surface area contributed by atoms with Gasteiger partial charge in [-0.25, -0.2) is 0 Å². The van der Waals surface area contributed by atoms with E-state index < -0.39 is 5.41 Å². The van der Waals surface area contributed by atoms with Crippen LogP contribution in [0.25, 0.3) is 0 Å². The van der Waals surface area contributed by atoms with Gasteiger partial charge in [0.2, 0.25) is 0 Å². The van der Waals surface area contributed by atoms with Gasteiger partial charge in [0.15, 0.2) is 0 Å². The topological polar surface area (TPSA) is 37.3 Å². The molecule has 0 aromatic heterocycles. The van der Waals surface area contributed by atoms with Gasteiger partial charge in [-0.2, -0.15) is 0 Å². The van der Waals surface area contributed by atoms with E-state index in [4.69, 9.17) is 0 Å². The van der Waals surface area contributed by atoms with Gasteiger partial charge in [-0.15, -0.1) is 0 Å². The van der Waals surface area contributed by atoms with Crippen LogP contribution < -0.4 is 0 Å². The number of rotatable bonds is 10. The molecule has 42 heavy (non-hydrogen) atoms. The highest BCUT2D eigenvalue weighted by molar-refractivity contribution is 5.89. The molecular formula is C40H54O2. The molecule has 0 radical (unpaired) electrons. The summed E-state index contributed by atoms with van der Waals surface area (Å²) in [4.78, 5) is 12.4. The predicted octanol–water partition coefficient (Wildman–Crippen LogP) is 10.8. The summed E-state index contributed by atoms with van der Waals surface area (Å²) in [5.74, 6) is 0.328. The van der Waals surface area contributed by atoms with Crippen LogP contribution in [0.4, 0.5) is 0 Å². The van der Waals surface area contributed by atoms with E-state index in [2.05, 4.69) is 140 Å². The molecule has 0 aliphatic heterocycles. The molecule has 0 amide bonds. The monoisotopic (exact) mass is 566 g/mol. The molecule has 0 aromatic carbocycles. The quantitative estimate of drug-likeness (QED) is 0.267. The summed E-state index contributed by atoms with van der Waals surface area (Å²) < 4.78 is 0. The zero-order valence-corrected chi connectivity index (χ0v) is 27.8. The average Bonchev–Trinajstić information content (AvgIpc) is 2.91. The molecule has 1 atom stereocenters. The number of hydrogen-bond acceptors (Lipinski definition) is 2. The molecular weight excluding hydrogens is 512 g/mol. The van der Waals surface area contributed by atoms with E-state index in [-0.39, 0.29) is 11.5 Å². The molecule has 2 heteroatoms. The van der Waals surface area contributed by atoms with E-state index in [0.717, 1.165) is 30.4 Å². The SMILES string of the molecule is CC1=C(/C=C/C(C)=C/C=C/C(C)=C/C=C/C=C(C)/C=C/C=C(C)/C=C/C2=C(C)CC[C@@H](O)C2(C)C)C(C)(C)C(=O)CC1. The highest BCUT2D eigenvalue weighted by Gasteiger charge is 2.35. The maximum absolute atomic E-state index is 12.4. The number of Topliss-reactive ketones (excluding diaryl/α,β-unsaturated/α-hetero) is 1. The molecule has 2 rings (SSSR count). The first kappa shape index (κ1) is 35.0. The minimum absolute atomic E-state index is 0.205. The molecule has 0 fully saturated rings. The van der Waals surface area contributed by atoms with Gasteiger partial charge < -0.3 is 5.11 Å². The van der Waals surface area contributed by atoms with Crippen molar-refractivity contribution in [2.24, 2.45) is 10.8 Å². The second-order valence-electron chi connectivity index (χ2n) is 13.1. The zero-order chi connectivity index (χ0) is 31.5. The smallest absolute Gasteiger partial charge is 0.143 e. The first-order valence-corrected chi connectivity index (χ1v) is 15.4. The Morgan fingerprint density at radius 3 is 1.60 bits per heavy atom. The van der Waals surface area contributed by atoms with E-state index in [1.54, 1.807) is 0 Å². The van der Waals surface area contributed by atoms with Crippen molar-refractivity contribution in [2.75, 3.05) is 0 Å². The Kier molecular flexibility index (Phi) is 13.2. The van der Waals surface area contributed by atoms with Crippen molar-refractivity contribution in [1.29, 1.82) is 0 Å². The van der Waals surface area contributed by atoms with Crippen molar-refractivity contribution in [3.05, 3.63) is 130 Å².